The lowest BCUT2D eigenvalue weighted by Crippen LogP contribution is -2.11. The average Bonchev–Trinajstić information content (AvgIpc) is 2.08. The van der Waals surface area contributed by atoms with Gasteiger partial charge in [0.2, 0.25) is 10.0 Å². The molecule has 0 aliphatic carbocycles. The molecule has 1 aromatic heterocycles. The van der Waals surface area contributed by atoms with Crippen molar-refractivity contribution in [2.45, 2.75) is 4.90 Å². The molecule has 1 rings (SSSR count). The first-order valence-electron chi connectivity index (χ1n) is 2.63. The molecule has 0 aliphatic heterocycles. The zero-order valence-corrected chi connectivity index (χ0v) is 7.22. The van der Waals surface area contributed by atoms with Gasteiger partial charge in [-0.2, -0.15) is 5.10 Å². The van der Waals surface area contributed by atoms with Crippen LogP contribution in [0.4, 0.5) is 0 Å². The van der Waals surface area contributed by atoms with Gasteiger partial charge >= 0.3 is 0 Å². The van der Waals surface area contributed by atoms with Crippen molar-refractivity contribution in [3.05, 3.63) is 11.3 Å². The summed E-state index contributed by atoms with van der Waals surface area (Å²) in [5.74, 6) is 0. The summed E-state index contributed by atoms with van der Waals surface area (Å²) in [6.07, 6.45) is 1.25. The highest BCUT2D eigenvalue weighted by atomic mass is 35.5. The Bertz CT molecular complexity index is 369. The fourth-order valence-electron chi connectivity index (χ4n) is 0.630. The zero-order valence-electron chi connectivity index (χ0n) is 5.65. The number of nitrogens with two attached hydrogens (primary N) is 1. The van der Waals surface area contributed by atoms with Gasteiger partial charge in [0.15, 0.2) is 5.15 Å². The number of hydrogen-bond donors (Lipinski definition) is 1. The van der Waals surface area contributed by atoms with E-state index >= 15 is 0 Å². The molecule has 0 aromatic carbocycles. The second-order valence-corrected chi connectivity index (χ2v) is 3.89. The van der Waals surface area contributed by atoms with E-state index in [1.807, 2.05) is 0 Å². The third-order valence-corrected chi connectivity index (χ3v) is 2.36. The highest BCUT2D eigenvalue weighted by molar-refractivity contribution is 7.89. The molecular formula is C4H6ClN3O2S. The Hall–Kier alpha value is -0.590. The summed E-state index contributed by atoms with van der Waals surface area (Å²) < 4.78 is 22.7. The summed E-state index contributed by atoms with van der Waals surface area (Å²) in [7, 11) is -2.17. The number of rotatable bonds is 1. The van der Waals surface area contributed by atoms with Crippen molar-refractivity contribution in [3.63, 3.8) is 0 Å². The molecule has 0 unspecified atom stereocenters. The van der Waals surface area contributed by atoms with E-state index in [0.717, 1.165) is 0 Å². The maximum absolute atomic E-state index is 10.7. The van der Waals surface area contributed by atoms with Crippen molar-refractivity contribution in [1.29, 1.82) is 0 Å². The highest BCUT2D eigenvalue weighted by Gasteiger charge is 2.15. The van der Waals surface area contributed by atoms with Crippen LogP contribution in [-0.2, 0) is 17.1 Å². The Morgan fingerprint density at radius 2 is 2.27 bits per heavy atom. The molecule has 0 aliphatic rings. The van der Waals surface area contributed by atoms with Crippen molar-refractivity contribution >= 4 is 21.6 Å². The van der Waals surface area contributed by atoms with Gasteiger partial charge in [-0.15, -0.1) is 0 Å². The summed E-state index contributed by atoms with van der Waals surface area (Å²) in [4.78, 5) is -0.151. The molecule has 0 atom stereocenters. The van der Waals surface area contributed by atoms with Crippen LogP contribution in [0.25, 0.3) is 0 Å². The predicted octanol–water partition coefficient (Wildman–Crippen LogP) is -0.279. The van der Waals surface area contributed by atoms with Crippen LogP contribution in [0.2, 0.25) is 5.15 Å². The summed E-state index contributed by atoms with van der Waals surface area (Å²) >= 11 is 5.44. The minimum absolute atomic E-state index is 0.102. The van der Waals surface area contributed by atoms with Gasteiger partial charge in [-0.1, -0.05) is 11.6 Å². The highest BCUT2D eigenvalue weighted by Crippen LogP contribution is 2.16. The van der Waals surface area contributed by atoms with Crippen LogP contribution >= 0.6 is 11.6 Å². The topological polar surface area (TPSA) is 78.0 Å². The van der Waals surface area contributed by atoms with Crippen LogP contribution in [0.15, 0.2) is 11.1 Å². The molecule has 0 radical (unpaired) electrons. The van der Waals surface area contributed by atoms with Gasteiger partial charge < -0.3 is 0 Å². The van der Waals surface area contributed by atoms with E-state index in [2.05, 4.69) is 5.10 Å². The third kappa shape index (κ3) is 1.70. The van der Waals surface area contributed by atoms with Gasteiger partial charge in [-0.05, 0) is 0 Å². The normalized spacial score (nSPS) is 11.9. The molecule has 0 spiro atoms. The summed E-state index contributed by atoms with van der Waals surface area (Å²) in [6.45, 7) is 0. The maximum atomic E-state index is 10.7. The Labute approximate surface area is 68.8 Å². The van der Waals surface area contributed by atoms with E-state index in [1.165, 1.54) is 10.9 Å². The monoisotopic (exact) mass is 195 g/mol. The first-order valence-corrected chi connectivity index (χ1v) is 4.55. The second kappa shape index (κ2) is 2.47. The predicted molar refractivity (Wildman–Crippen MR) is 39.6 cm³/mol. The van der Waals surface area contributed by atoms with Crippen molar-refractivity contribution in [2.24, 2.45) is 12.2 Å². The number of nitrogens with zero attached hydrogens (tertiary/aromatic N) is 2. The number of aromatic nitrogens is 2. The van der Waals surface area contributed by atoms with Crippen molar-refractivity contribution in [3.8, 4) is 0 Å². The van der Waals surface area contributed by atoms with Crippen LogP contribution in [0.5, 0.6) is 0 Å². The van der Waals surface area contributed by atoms with Crippen molar-refractivity contribution < 1.29 is 8.42 Å². The number of halogens is 1. The first kappa shape index (κ1) is 8.51. The largest absolute Gasteiger partial charge is 0.273 e. The molecular weight excluding hydrogens is 190 g/mol. The van der Waals surface area contributed by atoms with Gasteiger partial charge in [-0.3, -0.25) is 4.68 Å². The quantitative estimate of drug-likeness (QED) is 0.670. The molecule has 1 heterocycles. The standard InChI is InChI=1S/C4H6ClN3O2S/c1-8-2-3(4(5)7-8)11(6,9)10/h2H,1H3,(H2,6,9,10). The molecule has 0 bridgehead atoms. The van der Waals surface area contributed by atoms with Gasteiger partial charge in [0.1, 0.15) is 4.90 Å². The molecule has 1 aromatic rings. The SMILES string of the molecule is Cn1cc(S(N)(=O)=O)c(Cl)n1. The number of hydrogen-bond acceptors (Lipinski definition) is 3. The van der Waals surface area contributed by atoms with Crippen LogP contribution < -0.4 is 5.14 Å². The van der Waals surface area contributed by atoms with E-state index in [0.29, 0.717) is 0 Å². The average molecular weight is 196 g/mol. The van der Waals surface area contributed by atoms with E-state index in [9.17, 15) is 8.42 Å². The van der Waals surface area contributed by atoms with Crippen molar-refractivity contribution in [1.82, 2.24) is 9.78 Å². The summed E-state index contributed by atoms with van der Waals surface area (Å²) in [6, 6.07) is 0. The second-order valence-electron chi connectivity index (χ2n) is 2.00. The lowest BCUT2D eigenvalue weighted by Gasteiger charge is -1.89. The fraction of sp³-hybridized carbons (Fsp3) is 0.250. The Balaban J connectivity index is 3.36. The minimum atomic E-state index is -3.73. The van der Waals surface area contributed by atoms with Crippen LogP contribution in [0.1, 0.15) is 0 Å². The molecule has 5 nitrogen and oxygen atoms in total. The third-order valence-electron chi connectivity index (χ3n) is 1.06. The Morgan fingerprint density at radius 3 is 2.45 bits per heavy atom. The molecule has 11 heavy (non-hydrogen) atoms. The van der Waals surface area contributed by atoms with E-state index in [4.69, 9.17) is 16.7 Å². The van der Waals surface area contributed by atoms with Crippen LogP contribution in [0, 0.1) is 0 Å². The summed E-state index contributed by atoms with van der Waals surface area (Å²) in [5.41, 5.74) is 0. The molecule has 62 valence electrons. The van der Waals surface area contributed by atoms with Gasteiger partial charge in [-0.25, -0.2) is 13.6 Å². The van der Waals surface area contributed by atoms with Gasteiger partial charge in [0.05, 0.1) is 0 Å². The van der Waals surface area contributed by atoms with E-state index in [1.54, 1.807) is 7.05 Å². The number of primary sulfonamides is 1. The lowest BCUT2D eigenvalue weighted by molar-refractivity contribution is 0.597. The Kier molecular flexibility index (Phi) is 1.91. The van der Waals surface area contributed by atoms with Crippen LogP contribution in [-0.4, -0.2) is 18.2 Å². The fourth-order valence-corrected chi connectivity index (χ4v) is 1.70. The van der Waals surface area contributed by atoms with E-state index in [-0.39, 0.29) is 10.0 Å². The zero-order chi connectivity index (χ0) is 8.65. The first-order chi connectivity index (χ1) is 4.91. The summed E-state index contributed by atoms with van der Waals surface area (Å²) in [5, 5.41) is 8.30. The molecule has 2 N–H and O–H groups in total. The molecule has 0 saturated carbocycles. The smallest absolute Gasteiger partial charge is 0.242 e. The molecule has 0 amide bonds. The maximum Gasteiger partial charge on any atom is 0.242 e. The van der Waals surface area contributed by atoms with E-state index < -0.39 is 10.0 Å². The molecule has 7 heteroatoms. The Morgan fingerprint density at radius 1 is 1.73 bits per heavy atom. The van der Waals surface area contributed by atoms with Gasteiger partial charge in [0.25, 0.3) is 0 Å². The lowest BCUT2D eigenvalue weighted by atomic mass is 10.7. The number of aryl methyl sites for hydroxylation is 1. The van der Waals surface area contributed by atoms with Gasteiger partial charge in [0, 0.05) is 13.2 Å². The molecule has 0 fully saturated rings. The van der Waals surface area contributed by atoms with Crippen LogP contribution in [0.3, 0.4) is 0 Å². The molecule has 0 saturated heterocycles. The number of sulfonamides is 1. The van der Waals surface area contributed by atoms with Crippen molar-refractivity contribution in [2.75, 3.05) is 0 Å². The minimum Gasteiger partial charge on any atom is -0.273 e.